The molecule has 1 aliphatic carbocycles. The number of ketones is 1. The second-order valence-electron chi connectivity index (χ2n) is 4.35. The molecule has 1 aliphatic rings. The number of carbonyl (C=O) groups excluding carboxylic acids is 1. The van der Waals surface area contributed by atoms with E-state index in [1.54, 1.807) is 0 Å². The van der Waals surface area contributed by atoms with Crippen LogP contribution in [0.3, 0.4) is 0 Å². The maximum absolute atomic E-state index is 12.0. The molecular weight excluding hydrogens is 232 g/mol. The van der Waals surface area contributed by atoms with E-state index in [9.17, 15) is 4.79 Å². The molecular formula is C15H15ClO. The Morgan fingerprint density at radius 1 is 1.35 bits per heavy atom. The van der Waals surface area contributed by atoms with Crippen LogP contribution in [0.15, 0.2) is 42.5 Å². The van der Waals surface area contributed by atoms with E-state index in [0.29, 0.717) is 0 Å². The van der Waals surface area contributed by atoms with Gasteiger partial charge in [0.1, 0.15) is 0 Å². The molecule has 0 N–H and O–H groups in total. The second-order valence-corrected chi connectivity index (χ2v) is 4.78. The molecule has 0 aromatic heterocycles. The van der Waals surface area contributed by atoms with Crippen molar-refractivity contribution in [3.63, 3.8) is 0 Å². The summed E-state index contributed by atoms with van der Waals surface area (Å²) in [5.74, 6) is 0.422. The smallest absolute Gasteiger partial charge is 0.162 e. The summed E-state index contributed by atoms with van der Waals surface area (Å²) in [6, 6.07) is 7.55. The monoisotopic (exact) mass is 246 g/mol. The molecule has 1 nitrogen and oxygen atoms in total. The Balaban J connectivity index is 2.16. The fourth-order valence-corrected chi connectivity index (χ4v) is 2.30. The van der Waals surface area contributed by atoms with E-state index in [2.05, 4.69) is 6.58 Å². The van der Waals surface area contributed by atoms with Gasteiger partial charge in [0.25, 0.3) is 0 Å². The lowest BCUT2D eigenvalue weighted by Crippen LogP contribution is -2.06. The van der Waals surface area contributed by atoms with Crippen LogP contribution in [0, 0.1) is 5.92 Å². The molecule has 88 valence electrons. The van der Waals surface area contributed by atoms with Gasteiger partial charge in [0.05, 0.1) is 0 Å². The summed E-state index contributed by atoms with van der Waals surface area (Å²) in [4.78, 5) is 12.0. The molecule has 0 heterocycles. The van der Waals surface area contributed by atoms with Crippen molar-refractivity contribution in [1.29, 1.82) is 0 Å². The number of hydrogen-bond donors (Lipinski definition) is 0. The van der Waals surface area contributed by atoms with Gasteiger partial charge in [-0.15, -0.1) is 6.58 Å². The molecule has 1 saturated carbocycles. The van der Waals surface area contributed by atoms with Crippen LogP contribution in [-0.2, 0) is 4.79 Å². The first kappa shape index (κ1) is 12.1. The number of Topliss-reactive ketones (excluding diaryl/α,β-unsaturated/α-hetero) is 1. The van der Waals surface area contributed by atoms with Gasteiger partial charge >= 0.3 is 0 Å². The van der Waals surface area contributed by atoms with Gasteiger partial charge in [0, 0.05) is 10.9 Å². The lowest BCUT2D eigenvalue weighted by Gasteiger charge is -2.02. The van der Waals surface area contributed by atoms with Crippen LogP contribution in [0.1, 0.15) is 24.8 Å². The van der Waals surface area contributed by atoms with Gasteiger partial charge in [-0.3, -0.25) is 4.79 Å². The minimum Gasteiger partial charge on any atom is -0.294 e. The quantitative estimate of drug-likeness (QED) is 0.575. The third-order valence-electron chi connectivity index (χ3n) is 3.11. The Morgan fingerprint density at radius 3 is 2.71 bits per heavy atom. The highest BCUT2D eigenvalue weighted by atomic mass is 35.5. The maximum Gasteiger partial charge on any atom is 0.162 e. The molecule has 1 aromatic carbocycles. The highest BCUT2D eigenvalue weighted by Crippen LogP contribution is 2.30. The number of allylic oxidation sites excluding steroid dienone is 2. The van der Waals surface area contributed by atoms with Gasteiger partial charge in [-0.2, -0.15) is 0 Å². The summed E-state index contributed by atoms with van der Waals surface area (Å²) < 4.78 is 0. The van der Waals surface area contributed by atoms with Crippen molar-refractivity contribution >= 4 is 23.5 Å². The van der Waals surface area contributed by atoms with Crippen LogP contribution < -0.4 is 0 Å². The predicted molar refractivity (Wildman–Crippen MR) is 72.0 cm³/mol. The van der Waals surface area contributed by atoms with Gasteiger partial charge in [-0.1, -0.05) is 29.8 Å². The van der Waals surface area contributed by atoms with Gasteiger partial charge in [0.15, 0.2) is 5.78 Å². The minimum absolute atomic E-state index is 0.144. The Labute approximate surface area is 107 Å². The lowest BCUT2D eigenvalue weighted by atomic mass is 10.0. The Morgan fingerprint density at radius 2 is 2.06 bits per heavy atom. The molecule has 0 saturated heterocycles. The van der Waals surface area contributed by atoms with E-state index in [4.69, 9.17) is 11.6 Å². The highest BCUT2D eigenvalue weighted by molar-refractivity contribution is 6.30. The third-order valence-corrected chi connectivity index (χ3v) is 3.36. The van der Waals surface area contributed by atoms with Crippen molar-refractivity contribution in [2.75, 3.05) is 0 Å². The first-order valence-corrected chi connectivity index (χ1v) is 6.20. The Bertz CT molecular complexity index is 456. The van der Waals surface area contributed by atoms with Gasteiger partial charge in [-0.25, -0.2) is 0 Å². The van der Waals surface area contributed by atoms with Crippen LogP contribution in [0.4, 0.5) is 0 Å². The average molecular weight is 247 g/mol. The number of hydrogen-bond acceptors (Lipinski definition) is 1. The first-order valence-electron chi connectivity index (χ1n) is 5.82. The average Bonchev–Trinajstić information content (AvgIpc) is 2.65. The number of carbonyl (C=O) groups is 1. The van der Waals surface area contributed by atoms with E-state index < -0.39 is 0 Å². The molecule has 0 bridgehead atoms. The van der Waals surface area contributed by atoms with E-state index in [-0.39, 0.29) is 11.7 Å². The zero-order valence-electron chi connectivity index (χ0n) is 9.66. The molecule has 0 aliphatic heterocycles. The van der Waals surface area contributed by atoms with Crippen molar-refractivity contribution in [1.82, 2.24) is 0 Å². The number of rotatable bonds is 3. The van der Waals surface area contributed by atoms with Crippen molar-refractivity contribution in [3.05, 3.63) is 53.1 Å². The molecule has 0 amide bonds. The van der Waals surface area contributed by atoms with Crippen LogP contribution in [0.2, 0.25) is 5.02 Å². The van der Waals surface area contributed by atoms with Crippen LogP contribution in [-0.4, -0.2) is 5.78 Å². The van der Waals surface area contributed by atoms with Crippen LogP contribution >= 0.6 is 11.6 Å². The first-order chi connectivity index (χ1) is 8.20. The van der Waals surface area contributed by atoms with Gasteiger partial charge in [-0.05, 0) is 48.6 Å². The van der Waals surface area contributed by atoms with Crippen molar-refractivity contribution < 1.29 is 4.79 Å². The lowest BCUT2D eigenvalue weighted by molar-refractivity contribution is -0.117. The molecule has 1 aromatic rings. The summed E-state index contributed by atoms with van der Waals surface area (Å²) in [7, 11) is 0. The van der Waals surface area contributed by atoms with E-state index in [1.807, 2.05) is 36.4 Å². The zero-order valence-corrected chi connectivity index (χ0v) is 10.4. The molecule has 2 rings (SSSR count). The Hall–Kier alpha value is -1.34. The predicted octanol–water partition coefficient (Wildman–Crippen LogP) is 4.28. The molecule has 1 atom stereocenters. The summed E-state index contributed by atoms with van der Waals surface area (Å²) >= 11 is 5.82. The van der Waals surface area contributed by atoms with Gasteiger partial charge in [0.2, 0.25) is 0 Å². The topological polar surface area (TPSA) is 17.1 Å². The third kappa shape index (κ3) is 2.86. The van der Waals surface area contributed by atoms with Gasteiger partial charge < -0.3 is 0 Å². The molecule has 0 spiro atoms. The SMILES string of the molecule is C=CCC1CC/C(=C/c2ccc(Cl)cc2)C1=O. The standard InChI is InChI=1S/C15H15ClO/c1-2-3-12-6-7-13(15(12)17)10-11-4-8-14(16)9-5-11/h2,4-5,8-10,12H,1,3,6-7H2/b13-10-. The number of benzene rings is 1. The molecule has 1 fully saturated rings. The van der Waals surface area contributed by atoms with E-state index in [1.165, 1.54) is 0 Å². The fraction of sp³-hybridized carbons (Fsp3) is 0.267. The summed E-state index contributed by atoms with van der Waals surface area (Å²) in [6.45, 7) is 3.69. The largest absolute Gasteiger partial charge is 0.294 e. The van der Waals surface area contributed by atoms with Crippen molar-refractivity contribution in [2.24, 2.45) is 5.92 Å². The fourth-order valence-electron chi connectivity index (χ4n) is 2.18. The second kappa shape index (κ2) is 5.33. The molecule has 17 heavy (non-hydrogen) atoms. The molecule has 0 radical (unpaired) electrons. The molecule has 1 unspecified atom stereocenters. The van der Waals surface area contributed by atoms with Crippen molar-refractivity contribution in [2.45, 2.75) is 19.3 Å². The summed E-state index contributed by atoms with van der Waals surface area (Å²) in [6.07, 6.45) is 6.41. The summed E-state index contributed by atoms with van der Waals surface area (Å²) in [5.41, 5.74) is 1.97. The van der Waals surface area contributed by atoms with Crippen molar-refractivity contribution in [3.8, 4) is 0 Å². The normalized spacial score (nSPS) is 22.1. The number of halogens is 1. The molecule has 2 heteroatoms. The zero-order chi connectivity index (χ0) is 12.3. The minimum atomic E-state index is 0.144. The Kier molecular flexibility index (Phi) is 3.80. The maximum atomic E-state index is 12.0. The highest BCUT2D eigenvalue weighted by Gasteiger charge is 2.27. The van der Waals surface area contributed by atoms with E-state index >= 15 is 0 Å². The summed E-state index contributed by atoms with van der Waals surface area (Å²) in [5, 5.41) is 0.717. The van der Waals surface area contributed by atoms with Crippen LogP contribution in [0.25, 0.3) is 6.08 Å². The van der Waals surface area contributed by atoms with Crippen LogP contribution in [0.5, 0.6) is 0 Å². The van der Waals surface area contributed by atoms with E-state index in [0.717, 1.165) is 35.4 Å².